The van der Waals surface area contributed by atoms with Gasteiger partial charge in [-0.2, -0.15) is 5.26 Å². The van der Waals surface area contributed by atoms with Crippen LogP contribution < -0.4 is 10.2 Å². The first-order valence-electron chi connectivity index (χ1n) is 11.0. The number of nitrogens with one attached hydrogen (secondary N) is 1. The van der Waals surface area contributed by atoms with Crippen LogP contribution in [-0.4, -0.2) is 40.2 Å². The fourth-order valence-corrected chi connectivity index (χ4v) is 6.49. The Balaban J connectivity index is 1.44. The van der Waals surface area contributed by atoms with Crippen molar-refractivity contribution in [3.05, 3.63) is 68.8 Å². The van der Waals surface area contributed by atoms with Crippen LogP contribution in [0.3, 0.4) is 0 Å². The van der Waals surface area contributed by atoms with Crippen molar-refractivity contribution in [1.29, 1.82) is 5.26 Å². The number of carbonyl (C=O) groups excluding carboxylic acids is 1. The van der Waals surface area contributed by atoms with E-state index in [2.05, 4.69) is 53.2 Å². The molecule has 2 aromatic carbocycles. The van der Waals surface area contributed by atoms with Gasteiger partial charge in [-0.05, 0) is 42.4 Å². The van der Waals surface area contributed by atoms with E-state index < -0.39 is 0 Å². The summed E-state index contributed by atoms with van der Waals surface area (Å²) in [6, 6.07) is 11.4. The lowest BCUT2D eigenvalue weighted by Crippen LogP contribution is -2.40. The first kappa shape index (κ1) is 23.9. The number of carbonyl (C=O) groups is 1. The Morgan fingerprint density at radius 2 is 1.97 bits per heavy atom. The lowest BCUT2D eigenvalue weighted by Gasteiger charge is -2.39. The summed E-state index contributed by atoms with van der Waals surface area (Å²) >= 11 is 14.0. The minimum Gasteiger partial charge on any atom is -0.324 e. The molecule has 0 radical (unpaired) electrons. The van der Waals surface area contributed by atoms with Crippen LogP contribution in [0.5, 0.6) is 0 Å². The molecular weight excluding hydrogens is 503 g/mol. The Morgan fingerprint density at radius 3 is 2.69 bits per heavy atom. The Hall–Kier alpha value is -2.83. The van der Waals surface area contributed by atoms with Crippen molar-refractivity contribution < 1.29 is 4.79 Å². The average molecular weight is 525 g/mol. The summed E-state index contributed by atoms with van der Waals surface area (Å²) in [6.07, 6.45) is 1.51. The maximum absolute atomic E-state index is 13.2. The molecule has 7 nitrogen and oxygen atoms in total. The third kappa shape index (κ3) is 4.34. The summed E-state index contributed by atoms with van der Waals surface area (Å²) in [7, 11) is 2.08. The van der Waals surface area contributed by atoms with Crippen LogP contribution in [0, 0.1) is 11.3 Å². The number of nitrogens with zero attached hydrogens (tertiary/aromatic N) is 5. The van der Waals surface area contributed by atoms with Gasteiger partial charge < -0.3 is 10.2 Å². The minimum absolute atomic E-state index is 0.123. The second-order valence-electron chi connectivity index (χ2n) is 9.34. The number of nitriles is 1. The van der Waals surface area contributed by atoms with Crippen LogP contribution in [0.25, 0.3) is 0 Å². The molecule has 0 saturated heterocycles. The van der Waals surface area contributed by atoms with Gasteiger partial charge in [0.1, 0.15) is 5.03 Å². The lowest BCUT2D eigenvalue weighted by atomic mass is 9.76. The van der Waals surface area contributed by atoms with E-state index in [9.17, 15) is 10.1 Å². The number of benzene rings is 2. The van der Waals surface area contributed by atoms with Crippen LogP contribution in [0.4, 0.5) is 17.3 Å². The summed E-state index contributed by atoms with van der Waals surface area (Å²) in [5.74, 6) is 0.427. The van der Waals surface area contributed by atoms with Crippen molar-refractivity contribution >= 4 is 58.2 Å². The van der Waals surface area contributed by atoms with Crippen LogP contribution >= 0.6 is 35.0 Å². The molecule has 2 aliphatic rings. The SMILES string of the molecule is CN1Cc2cc(Nc3ncc4c(n3)SCN(c3c(Cl)cccc3Cl)C4=O)cc(C#N)c2C(C)(C)C1. The van der Waals surface area contributed by atoms with Crippen molar-refractivity contribution in [2.75, 3.05) is 29.7 Å². The predicted octanol–water partition coefficient (Wildman–Crippen LogP) is 5.83. The van der Waals surface area contributed by atoms with Gasteiger partial charge in [-0.1, -0.05) is 54.9 Å². The van der Waals surface area contributed by atoms with Gasteiger partial charge in [-0.3, -0.25) is 9.69 Å². The second-order valence-corrected chi connectivity index (χ2v) is 11.1. The molecule has 2 aliphatic heterocycles. The Labute approximate surface area is 218 Å². The van der Waals surface area contributed by atoms with Crippen molar-refractivity contribution in [3.63, 3.8) is 0 Å². The summed E-state index contributed by atoms with van der Waals surface area (Å²) in [5.41, 5.74) is 4.33. The molecule has 1 amide bonds. The number of hydrogen-bond donors (Lipinski definition) is 1. The summed E-state index contributed by atoms with van der Waals surface area (Å²) in [6.45, 7) is 5.97. The number of aromatic nitrogens is 2. The molecule has 5 rings (SSSR count). The number of fused-ring (bicyclic) bond motifs is 2. The van der Waals surface area contributed by atoms with Gasteiger partial charge in [0, 0.05) is 30.4 Å². The van der Waals surface area contributed by atoms with Crippen molar-refractivity contribution in [3.8, 4) is 6.07 Å². The third-order valence-electron chi connectivity index (χ3n) is 6.15. The van der Waals surface area contributed by atoms with Crippen molar-refractivity contribution in [2.24, 2.45) is 0 Å². The van der Waals surface area contributed by atoms with Crippen molar-refractivity contribution in [2.45, 2.75) is 30.8 Å². The quantitative estimate of drug-likeness (QED) is 0.431. The van der Waals surface area contributed by atoms with Crippen LogP contribution in [-0.2, 0) is 12.0 Å². The summed E-state index contributed by atoms with van der Waals surface area (Å²) in [5, 5.41) is 14.5. The van der Waals surface area contributed by atoms with E-state index in [1.54, 1.807) is 18.2 Å². The molecule has 3 aromatic rings. The monoisotopic (exact) mass is 524 g/mol. The number of likely N-dealkylation sites (N-methyl/N-ethyl adjacent to an activating group) is 1. The number of halogens is 2. The molecule has 1 N–H and O–H groups in total. The van der Waals surface area contributed by atoms with Crippen LogP contribution in [0.2, 0.25) is 10.0 Å². The fraction of sp³-hybridized carbons (Fsp3) is 0.280. The Morgan fingerprint density at radius 1 is 1.23 bits per heavy atom. The van der Waals surface area contributed by atoms with E-state index >= 15 is 0 Å². The highest BCUT2D eigenvalue weighted by molar-refractivity contribution is 7.99. The van der Waals surface area contributed by atoms with E-state index in [-0.39, 0.29) is 11.3 Å². The van der Waals surface area contributed by atoms with Gasteiger partial charge in [-0.15, -0.1) is 0 Å². The van der Waals surface area contributed by atoms with Gasteiger partial charge in [-0.25, -0.2) is 9.97 Å². The van der Waals surface area contributed by atoms with Crippen LogP contribution in [0.15, 0.2) is 41.6 Å². The second kappa shape index (κ2) is 8.99. The molecule has 10 heteroatoms. The maximum Gasteiger partial charge on any atom is 0.263 e. The smallest absolute Gasteiger partial charge is 0.263 e. The molecule has 0 aliphatic carbocycles. The average Bonchev–Trinajstić information content (AvgIpc) is 2.79. The number of para-hydroxylation sites is 1. The highest BCUT2D eigenvalue weighted by Gasteiger charge is 2.33. The Bertz CT molecular complexity index is 1380. The highest BCUT2D eigenvalue weighted by Crippen LogP contribution is 2.40. The summed E-state index contributed by atoms with van der Waals surface area (Å²) < 4.78 is 0. The molecule has 0 spiro atoms. The standard InChI is InChI=1S/C25H22Cl2N6OS/c1-25(2)12-32(3)11-15-8-16(7-14(9-28)20(15)25)30-24-29-10-17-22(31-24)35-13-33(23(17)34)21-18(26)5-4-6-19(21)27/h4-8,10H,11-13H2,1-3H3,(H,29,30,31). The van der Waals surface area contributed by atoms with E-state index in [1.165, 1.54) is 22.9 Å². The molecule has 178 valence electrons. The van der Waals surface area contributed by atoms with E-state index in [4.69, 9.17) is 23.2 Å². The van der Waals surface area contributed by atoms with Gasteiger partial charge in [0.15, 0.2) is 0 Å². The lowest BCUT2D eigenvalue weighted by molar-refractivity contribution is 0.0985. The maximum atomic E-state index is 13.2. The molecule has 0 bridgehead atoms. The molecule has 0 unspecified atom stereocenters. The zero-order chi connectivity index (χ0) is 24.9. The fourth-order valence-electron chi connectivity index (χ4n) is 4.94. The predicted molar refractivity (Wildman–Crippen MR) is 140 cm³/mol. The van der Waals surface area contributed by atoms with Gasteiger partial charge in [0.05, 0.1) is 38.8 Å². The van der Waals surface area contributed by atoms with Gasteiger partial charge >= 0.3 is 0 Å². The number of thioether (sulfide) groups is 1. The van der Waals surface area contributed by atoms with Crippen molar-refractivity contribution in [1.82, 2.24) is 14.9 Å². The molecule has 1 aromatic heterocycles. The third-order valence-corrected chi connectivity index (χ3v) is 7.73. The first-order valence-corrected chi connectivity index (χ1v) is 12.7. The van der Waals surface area contributed by atoms with E-state index in [0.717, 1.165) is 29.9 Å². The zero-order valence-electron chi connectivity index (χ0n) is 19.4. The topological polar surface area (TPSA) is 85.2 Å². The van der Waals surface area contributed by atoms with E-state index in [1.807, 2.05) is 6.07 Å². The molecular formula is C25H22Cl2N6OS. The molecule has 0 fully saturated rings. The summed E-state index contributed by atoms with van der Waals surface area (Å²) in [4.78, 5) is 25.9. The largest absolute Gasteiger partial charge is 0.324 e. The van der Waals surface area contributed by atoms with Gasteiger partial charge in [0.2, 0.25) is 5.95 Å². The molecule has 3 heterocycles. The van der Waals surface area contributed by atoms with Crippen LogP contribution in [0.1, 0.15) is 40.9 Å². The zero-order valence-corrected chi connectivity index (χ0v) is 21.7. The minimum atomic E-state index is -0.258. The number of amides is 1. The normalized spacial score (nSPS) is 16.9. The highest BCUT2D eigenvalue weighted by atomic mass is 35.5. The first-order chi connectivity index (χ1) is 16.7. The molecule has 35 heavy (non-hydrogen) atoms. The number of rotatable bonds is 3. The number of anilines is 3. The number of hydrogen-bond acceptors (Lipinski definition) is 7. The van der Waals surface area contributed by atoms with E-state index in [0.29, 0.717) is 43.7 Å². The van der Waals surface area contributed by atoms with Gasteiger partial charge in [0.25, 0.3) is 5.91 Å². The molecule has 0 atom stereocenters. The molecule has 0 saturated carbocycles. The Kier molecular flexibility index (Phi) is 6.14.